The van der Waals surface area contributed by atoms with Crippen LogP contribution >= 0.6 is 15.9 Å². The summed E-state index contributed by atoms with van der Waals surface area (Å²) >= 11 is 3.54. The molecule has 0 unspecified atom stereocenters. The molecule has 0 bridgehead atoms. The minimum absolute atomic E-state index is 0.0358. The molecule has 6 heteroatoms. The summed E-state index contributed by atoms with van der Waals surface area (Å²) in [6, 6.07) is 6.45. The van der Waals surface area contributed by atoms with Crippen molar-refractivity contribution in [2.45, 2.75) is 38.6 Å². The van der Waals surface area contributed by atoms with Gasteiger partial charge in [-0.05, 0) is 49.4 Å². The lowest BCUT2D eigenvalue weighted by molar-refractivity contribution is -0.161. The lowest BCUT2D eigenvalue weighted by Crippen LogP contribution is -2.55. The second-order valence-electron chi connectivity index (χ2n) is 6.41. The van der Waals surface area contributed by atoms with E-state index in [9.17, 15) is 10.1 Å². The van der Waals surface area contributed by atoms with E-state index in [1.165, 1.54) is 5.56 Å². The number of hydrogen-bond donors (Lipinski definition) is 0. The molecule has 2 rings (SSSR count). The number of aryl methyl sites for hydroxylation is 2. The highest BCUT2D eigenvalue weighted by atomic mass is 79.9. The summed E-state index contributed by atoms with van der Waals surface area (Å²) in [6.07, 6.45) is 1.47. The van der Waals surface area contributed by atoms with Gasteiger partial charge < -0.3 is 9.74 Å². The van der Waals surface area contributed by atoms with Gasteiger partial charge >= 0.3 is 0 Å². The SMILES string of the molecule is CON1CCC(C#N)(N(C)C(=O)Cc2cc(C)c(C)cc2Br)CC1. The fraction of sp³-hybridized carbons (Fsp3) is 0.556. The van der Waals surface area contributed by atoms with Crippen molar-refractivity contribution in [1.82, 2.24) is 9.96 Å². The highest BCUT2D eigenvalue weighted by Crippen LogP contribution is 2.29. The van der Waals surface area contributed by atoms with E-state index >= 15 is 0 Å². The van der Waals surface area contributed by atoms with Gasteiger partial charge in [-0.3, -0.25) is 4.79 Å². The van der Waals surface area contributed by atoms with E-state index in [1.54, 1.807) is 19.1 Å². The van der Waals surface area contributed by atoms with Gasteiger partial charge in [-0.1, -0.05) is 22.0 Å². The molecule has 0 N–H and O–H groups in total. The average molecular weight is 394 g/mol. The van der Waals surface area contributed by atoms with E-state index < -0.39 is 5.54 Å². The Labute approximate surface area is 152 Å². The number of hydroxylamine groups is 2. The molecule has 24 heavy (non-hydrogen) atoms. The van der Waals surface area contributed by atoms with Gasteiger partial charge in [0.1, 0.15) is 5.54 Å². The Morgan fingerprint density at radius 3 is 2.50 bits per heavy atom. The molecule has 0 aromatic heterocycles. The molecular formula is C18H24BrN3O2. The fourth-order valence-electron chi connectivity index (χ4n) is 3.06. The van der Waals surface area contributed by atoms with Gasteiger partial charge in [0.25, 0.3) is 0 Å². The topological polar surface area (TPSA) is 56.6 Å². The predicted octanol–water partition coefficient (Wildman–Crippen LogP) is 2.99. The molecule has 1 saturated heterocycles. The molecule has 1 amide bonds. The number of amides is 1. The number of likely N-dealkylation sites (N-methyl/N-ethyl adjacent to an activating group) is 1. The normalized spacial score (nSPS) is 17.3. The molecule has 5 nitrogen and oxygen atoms in total. The van der Waals surface area contributed by atoms with E-state index in [0.717, 1.165) is 15.6 Å². The minimum Gasteiger partial charge on any atom is -0.327 e. The van der Waals surface area contributed by atoms with Crippen molar-refractivity contribution in [3.63, 3.8) is 0 Å². The van der Waals surface area contributed by atoms with Gasteiger partial charge in [-0.15, -0.1) is 0 Å². The van der Waals surface area contributed by atoms with Crippen LogP contribution in [-0.4, -0.2) is 48.7 Å². The third kappa shape index (κ3) is 3.80. The summed E-state index contributed by atoms with van der Waals surface area (Å²) in [7, 11) is 3.37. The molecule has 0 spiro atoms. The number of hydrogen-bond acceptors (Lipinski definition) is 4. The summed E-state index contributed by atoms with van der Waals surface area (Å²) in [5.74, 6) is -0.0358. The molecule has 1 aromatic carbocycles. The Kier molecular flexibility index (Phi) is 6.02. The molecule has 0 atom stereocenters. The van der Waals surface area contributed by atoms with E-state index in [0.29, 0.717) is 25.9 Å². The number of carbonyl (C=O) groups is 1. The number of halogens is 1. The van der Waals surface area contributed by atoms with Crippen LogP contribution in [-0.2, 0) is 16.1 Å². The largest absolute Gasteiger partial charge is 0.327 e. The monoisotopic (exact) mass is 393 g/mol. The Morgan fingerprint density at radius 2 is 1.96 bits per heavy atom. The lowest BCUT2D eigenvalue weighted by atomic mass is 9.87. The van der Waals surface area contributed by atoms with Gasteiger partial charge in [0.05, 0.1) is 19.6 Å². The first-order valence-corrected chi connectivity index (χ1v) is 8.85. The van der Waals surface area contributed by atoms with E-state index in [1.807, 2.05) is 31.0 Å². The first kappa shape index (κ1) is 18.9. The number of nitrogens with zero attached hydrogens (tertiary/aromatic N) is 3. The van der Waals surface area contributed by atoms with Crippen LogP contribution in [0.3, 0.4) is 0 Å². The van der Waals surface area contributed by atoms with Gasteiger partial charge in [0.15, 0.2) is 0 Å². The quantitative estimate of drug-likeness (QED) is 0.788. The maximum absolute atomic E-state index is 12.8. The van der Waals surface area contributed by atoms with Crippen molar-refractivity contribution < 1.29 is 9.63 Å². The van der Waals surface area contributed by atoms with Gasteiger partial charge in [0.2, 0.25) is 5.91 Å². The zero-order valence-electron chi connectivity index (χ0n) is 14.7. The molecule has 0 saturated carbocycles. The minimum atomic E-state index is -0.752. The molecular weight excluding hydrogens is 370 g/mol. The molecule has 1 heterocycles. The highest BCUT2D eigenvalue weighted by Gasteiger charge is 2.41. The molecule has 0 radical (unpaired) electrons. The Hall–Kier alpha value is -1.42. The first-order valence-electron chi connectivity index (χ1n) is 8.05. The Bertz CT molecular complexity index is 661. The van der Waals surface area contributed by atoms with Crippen LogP contribution in [0.5, 0.6) is 0 Å². The van der Waals surface area contributed by atoms with Crippen molar-refractivity contribution in [1.29, 1.82) is 5.26 Å². The van der Waals surface area contributed by atoms with E-state index in [-0.39, 0.29) is 12.3 Å². The third-order valence-corrected chi connectivity index (χ3v) is 5.77. The zero-order chi connectivity index (χ0) is 17.9. The summed E-state index contributed by atoms with van der Waals surface area (Å²) in [6.45, 7) is 5.38. The number of rotatable bonds is 4. The van der Waals surface area contributed by atoms with Gasteiger partial charge in [-0.25, -0.2) is 0 Å². The molecule has 130 valence electrons. The highest BCUT2D eigenvalue weighted by molar-refractivity contribution is 9.10. The number of piperidine rings is 1. The van der Waals surface area contributed by atoms with Crippen molar-refractivity contribution in [2.24, 2.45) is 0 Å². The van der Waals surface area contributed by atoms with Gasteiger partial charge in [-0.2, -0.15) is 10.3 Å². The third-order valence-electron chi connectivity index (χ3n) is 5.04. The smallest absolute Gasteiger partial charge is 0.228 e. The van der Waals surface area contributed by atoms with Crippen LogP contribution in [0.1, 0.15) is 29.5 Å². The average Bonchev–Trinajstić information content (AvgIpc) is 2.59. The van der Waals surface area contributed by atoms with Crippen LogP contribution < -0.4 is 0 Å². The molecule has 0 aliphatic carbocycles. The van der Waals surface area contributed by atoms with E-state index in [4.69, 9.17) is 4.84 Å². The molecule has 1 aromatic rings. The van der Waals surface area contributed by atoms with Crippen LogP contribution in [0.4, 0.5) is 0 Å². The summed E-state index contributed by atoms with van der Waals surface area (Å²) in [4.78, 5) is 19.6. The molecule has 1 aliphatic rings. The van der Waals surface area contributed by atoms with Crippen molar-refractivity contribution in [2.75, 3.05) is 27.2 Å². The number of carbonyl (C=O) groups excluding carboxylic acids is 1. The van der Waals surface area contributed by atoms with Crippen LogP contribution in [0.2, 0.25) is 0 Å². The molecule has 1 aliphatic heterocycles. The summed E-state index contributed by atoms with van der Waals surface area (Å²) in [5, 5.41) is 11.5. The maximum atomic E-state index is 12.8. The number of benzene rings is 1. The van der Waals surface area contributed by atoms with E-state index in [2.05, 4.69) is 22.0 Å². The lowest BCUT2D eigenvalue weighted by Gasteiger charge is -2.42. The Balaban J connectivity index is 2.14. The van der Waals surface area contributed by atoms with Gasteiger partial charge in [0, 0.05) is 24.6 Å². The fourth-order valence-corrected chi connectivity index (χ4v) is 3.66. The van der Waals surface area contributed by atoms with Crippen molar-refractivity contribution in [3.8, 4) is 6.07 Å². The predicted molar refractivity (Wildman–Crippen MR) is 96.3 cm³/mol. The summed E-state index contributed by atoms with van der Waals surface area (Å²) < 4.78 is 0.938. The van der Waals surface area contributed by atoms with Crippen LogP contribution in [0, 0.1) is 25.2 Å². The second kappa shape index (κ2) is 7.64. The van der Waals surface area contributed by atoms with Crippen LogP contribution in [0.15, 0.2) is 16.6 Å². The zero-order valence-corrected chi connectivity index (χ0v) is 16.3. The van der Waals surface area contributed by atoms with Crippen molar-refractivity contribution >= 4 is 21.8 Å². The molecule has 1 fully saturated rings. The van der Waals surface area contributed by atoms with Crippen LogP contribution in [0.25, 0.3) is 0 Å². The summed E-state index contributed by atoms with van der Waals surface area (Å²) in [5.41, 5.74) is 2.55. The first-order chi connectivity index (χ1) is 11.3. The standard InChI is InChI=1S/C18H24BrN3O2/c1-13-9-15(16(19)10-14(13)2)11-17(23)21(3)18(12-20)5-7-22(24-4)8-6-18/h9-10H,5-8,11H2,1-4H3. The van der Waals surface area contributed by atoms with Crippen molar-refractivity contribution in [3.05, 3.63) is 33.3 Å². The second-order valence-corrected chi connectivity index (χ2v) is 7.27. The Morgan fingerprint density at radius 1 is 1.38 bits per heavy atom. The maximum Gasteiger partial charge on any atom is 0.228 e. The number of nitriles is 1.